The first-order chi connectivity index (χ1) is 9.36. The van der Waals surface area contributed by atoms with E-state index in [0.717, 1.165) is 38.2 Å². The zero-order chi connectivity index (χ0) is 13.8. The maximum absolute atomic E-state index is 5.28. The van der Waals surface area contributed by atoms with Crippen LogP contribution in [0.4, 0.5) is 0 Å². The van der Waals surface area contributed by atoms with Crippen molar-refractivity contribution in [1.82, 2.24) is 10.6 Å². The standard InChI is InChI=1S/C15H31N3O.HI/c1-3-19-13-12-18-15(16-2)17-11-7-6-10-14-8-4-5-9-14;/h14H,3-13H2,1-2H3,(H2,16,17,18);1H. The van der Waals surface area contributed by atoms with Crippen LogP contribution < -0.4 is 10.6 Å². The minimum absolute atomic E-state index is 0. The van der Waals surface area contributed by atoms with Gasteiger partial charge in [-0.25, -0.2) is 0 Å². The molecule has 0 aromatic heterocycles. The fourth-order valence-electron chi connectivity index (χ4n) is 2.67. The molecule has 0 heterocycles. The van der Waals surface area contributed by atoms with Crippen molar-refractivity contribution < 1.29 is 4.74 Å². The lowest BCUT2D eigenvalue weighted by atomic mass is 10.0. The van der Waals surface area contributed by atoms with Crippen molar-refractivity contribution in [1.29, 1.82) is 0 Å². The molecule has 20 heavy (non-hydrogen) atoms. The third-order valence-corrected chi connectivity index (χ3v) is 3.77. The molecular formula is C15H32IN3O. The highest BCUT2D eigenvalue weighted by Gasteiger charge is 2.13. The van der Waals surface area contributed by atoms with E-state index in [0.29, 0.717) is 0 Å². The summed E-state index contributed by atoms with van der Waals surface area (Å²) in [6, 6.07) is 0. The Morgan fingerprint density at radius 2 is 1.85 bits per heavy atom. The highest BCUT2D eigenvalue weighted by atomic mass is 127. The summed E-state index contributed by atoms with van der Waals surface area (Å²) in [7, 11) is 1.81. The summed E-state index contributed by atoms with van der Waals surface area (Å²) in [6.45, 7) is 5.35. The second-order valence-corrected chi connectivity index (χ2v) is 5.27. The number of guanidine groups is 1. The van der Waals surface area contributed by atoms with Crippen molar-refractivity contribution in [3.8, 4) is 0 Å². The zero-order valence-corrected chi connectivity index (χ0v) is 15.4. The summed E-state index contributed by atoms with van der Waals surface area (Å²) in [4.78, 5) is 4.20. The second kappa shape index (κ2) is 13.9. The molecule has 0 saturated heterocycles. The molecule has 0 amide bonds. The van der Waals surface area contributed by atoms with Gasteiger partial charge in [-0.05, 0) is 19.3 Å². The van der Waals surface area contributed by atoms with Crippen molar-refractivity contribution >= 4 is 29.9 Å². The lowest BCUT2D eigenvalue weighted by Gasteiger charge is -2.12. The number of nitrogens with one attached hydrogen (secondary N) is 2. The van der Waals surface area contributed by atoms with Gasteiger partial charge in [-0.2, -0.15) is 0 Å². The van der Waals surface area contributed by atoms with Crippen LogP contribution in [0.15, 0.2) is 4.99 Å². The normalized spacial score (nSPS) is 16.0. The number of aliphatic imine (C=N–C) groups is 1. The van der Waals surface area contributed by atoms with Crippen molar-refractivity contribution in [3.63, 3.8) is 0 Å². The van der Waals surface area contributed by atoms with Crippen LogP contribution in [-0.4, -0.2) is 39.3 Å². The van der Waals surface area contributed by atoms with Gasteiger partial charge in [-0.3, -0.25) is 4.99 Å². The Hall–Kier alpha value is -0.0400. The van der Waals surface area contributed by atoms with Crippen molar-refractivity contribution in [2.45, 2.75) is 51.9 Å². The molecular weight excluding hydrogens is 365 g/mol. The van der Waals surface area contributed by atoms with E-state index in [1.807, 2.05) is 14.0 Å². The predicted octanol–water partition coefficient (Wildman–Crippen LogP) is 3.17. The number of halogens is 1. The summed E-state index contributed by atoms with van der Waals surface area (Å²) in [6.07, 6.45) is 9.84. The van der Waals surface area contributed by atoms with Gasteiger partial charge in [0.05, 0.1) is 6.61 Å². The number of hydrogen-bond acceptors (Lipinski definition) is 2. The van der Waals surface area contributed by atoms with E-state index in [-0.39, 0.29) is 24.0 Å². The fraction of sp³-hybridized carbons (Fsp3) is 0.933. The first-order valence-electron chi connectivity index (χ1n) is 7.89. The van der Waals surface area contributed by atoms with Gasteiger partial charge in [0.1, 0.15) is 0 Å². The monoisotopic (exact) mass is 397 g/mol. The fourth-order valence-corrected chi connectivity index (χ4v) is 2.67. The van der Waals surface area contributed by atoms with E-state index < -0.39 is 0 Å². The summed E-state index contributed by atoms with van der Waals surface area (Å²) >= 11 is 0. The third kappa shape index (κ3) is 9.80. The van der Waals surface area contributed by atoms with Crippen LogP contribution >= 0.6 is 24.0 Å². The Balaban J connectivity index is 0.00000361. The molecule has 5 heteroatoms. The quantitative estimate of drug-likeness (QED) is 0.272. The van der Waals surface area contributed by atoms with Gasteiger partial charge in [0.15, 0.2) is 5.96 Å². The van der Waals surface area contributed by atoms with Crippen LogP contribution in [0, 0.1) is 5.92 Å². The lowest BCUT2D eigenvalue weighted by molar-refractivity contribution is 0.152. The molecule has 4 nitrogen and oxygen atoms in total. The van der Waals surface area contributed by atoms with E-state index in [1.54, 1.807) is 0 Å². The molecule has 0 radical (unpaired) electrons. The molecule has 0 aromatic carbocycles. The number of rotatable bonds is 9. The second-order valence-electron chi connectivity index (χ2n) is 5.27. The summed E-state index contributed by atoms with van der Waals surface area (Å²) in [5.74, 6) is 1.91. The van der Waals surface area contributed by atoms with Gasteiger partial charge < -0.3 is 15.4 Å². The average Bonchev–Trinajstić information content (AvgIpc) is 2.94. The predicted molar refractivity (Wildman–Crippen MR) is 97.1 cm³/mol. The van der Waals surface area contributed by atoms with Gasteiger partial charge in [0.25, 0.3) is 0 Å². The van der Waals surface area contributed by atoms with E-state index >= 15 is 0 Å². The Morgan fingerprint density at radius 1 is 1.15 bits per heavy atom. The Kier molecular flexibility index (Phi) is 13.9. The lowest BCUT2D eigenvalue weighted by Crippen LogP contribution is -2.39. The largest absolute Gasteiger partial charge is 0.380 e. The molecule has 0 aromatic rings. The molecule has 0 atom stereocenters. The highest BCUT2D eigenvalue weighted by Crippen LogP contribution is 2.28. The highest BCUT2D eigenvalue weighted by molar-refractivity contribution is 14.0. The number of unbranched alkanes of at least 4 members (excludes halogenated alkanes) is 1. The smallest absolute Gasteiger partial charge is 0.191 e. The molecule has 0 aliphatic heterocycles. The minimum Gasteiger partial charge on any atom is -0.380 e. The Bertz CT molecular complexity index is 243. The van der Waals surface area contributed by atoms with E-state index in [1.165, 1.54) is 44.9 Å². The summed E-state index contributed by atoms with van der Waals surface area (Å²) in [5.41, 5.74) is 0. The minimum atomic E-state index is 0. The van der Waals surface area contributed by atoms with Crippen LogP contribution in [0.25, 0.3) is 0 Å². The van der Waals surface area contributed by atoms with Crippen LogP contribution in [0.3, 0.4) is 0 Å². The first-order valence-corrected chi connectivity index (χ1v) is 7.89. The van der Waals surface area contributed by atoms with Gasteiger partial charge >= 0.3 is 0 Å². The third-order valence-electron chi connectivity index (χ3n) is 3.77. The van der Waals surface area contributed by atoms with Gasteiger partial charge in [-0.1, -0.05) is 38.5 Å². The van der Waals surface area contributed by atoms with Crippen LogP contribution in [0.2, 0.25) is 0 Å². The van der Waals surface area contributed by atoms with Crippen molar-refractivity contribution in [2.75, 3.05) is 33.4 Å². The maximum atomic E-state index is 5.28. The van der Waals surface area contributed by atoms with Crippen molar-refractivity contribution in [3.05, 3.63) is 0 Å². The molecule has 1 rings (SSSR count). The molecule has 0 spiro atoms. The number of nitrogens with zero attached hydrogens (tertiary/aromatic N) is 1. The Morgan fingerprint density at radius 3 is 2.50 bits per heavy atom. The number of hydrogen-bond donors (Lipinski definition) is 2. The number of ether oxygens (including phenoxy) is 1. The van der Waals surface area contributed by atoms with E-state index in [9.17, 15) is 0 Å². The molecule has 120 valence electrons. The topological polar surface area (TPSA) is 45.6 Å². The van der Waals surface area contributed by atoms with Crippen LogP contribution in [0.5, 0.6) is 0 Å². The van der Waals surface area contributed by atoms with Gasteiger partial charge in [-0.15, -0.1) is 24.0 Å². The maximum Gasteiger partial charge on any atom is 0.191 e. The molecule has 1 saturated carbocycles. The van der Waals surface area contributed by atoms with Crippen molar-refractivity contribution in [2.24, 2.45) is 10.9 Å². The molecule has 1 fully saturated rings. The van der Waals surface area contributed by atoms with Crippen LogP contribution in [-0.2, 0) is 4.74 Å². The molecule has 1 aliphatic rings. The van der Waals surface area contributed by atoms with Crippen LogP contribution in [0.1, 0.15) is 51.9 Å². The summed E-state index contributed by atoms with van der Waals surface area (Å²) < 4.78 is 5.28. The van der Waals surface area contributed by atoms with Gasteiger partial charge in [0.2, 0.25) is 0 Å². The van der Waals surface area contributed by atoms with E-state index in [4.69, 9.17) is 4.74 Å². The molecule has 0 bridgehead atoms. The molecule has 2 N–H and O–H groups in total. The zero-order valence-electron chi connectivity index (χ0n) is 13.1. The molecule has 1 aliphatic carbocycles. The first kappa shape index (κ1) is 20.0. The average molecular weight is 397 g/mol. The van der Waals surface area contributed by atoms with Gasteiger partial charge in [0, 0.05) is 26.7 Å². The molecule has 0 unspecified atom stereocenters. The van der Waals surface area contributed by atoms with E-state index in [2.05, 4.69) is 15.6 Å². The SMILES string of the molecule is CCOCCNC(=NC)NCCCCC1CCCC1.I. The summed E-state index contributed by atoms with van der Waals surface area (Å²) in [5, 5.41) is 6.61. The Labute approximate surface area is 141 Å².